The summed E-state index contributed by atoms with van der Waals surface area (Å²) in [5.74, 6) is -0.400. The number of carbonyl (C=O) groups is 2. The van der Waals surface area contributed by atoms with Crippen molar-refractivity contribution in [1.29, 1.82) is 0 Å². The van der Waals surface area contributed by atoms with Gasteiger partial charge in [-0.3, -0.25) is 9.59 Å². The lowest BCUT2D eigenvalue weighted by atomic mass is 10.1. The van der Waals surface area contributed by atoms with Gasteiger partial charge in [0.05, 0.1) is 5.92 Å². The van der Waals surface area contributed by atoms with Crippen LogP contribution in [0.3, 0.4) is 0 Å². The Hall–Kier alpha value is -2.62. The zero-order chi connectivity index (χ0) is 18.0. The maximum Gasteiger partial charge on any atom is 0.229 e. The minimum Gasteiger partial charge on any atom is -0.326 e. The number of amides is 2. The maximum absolute atomic E-state index is 12.6. The maximum atomic E-state index is 12.6. The van der Waals surface area contributed by atoms with Crippen LogP contribution in [-0.2, 0) is 16.0 Å². The van der Waals surface area contributed by atoms with Gasteiger partial charge >= 0.3 is 0 Å². The first-order valence-corrected chi connectivity index (χ1v) is 8.76. The van der Waals surface area contributed by atoms with Gasteiger partial charge in [0, 0.05) is 24.3 Å². The topological polar surface area (TPSA) is 49.4 Å². The lowest BCUT2D eigenvalue weighted by Crippen LogP contribution is -2.29. The average molecular weight is 336 g/mol. The third-order valence-electron chi connectivity index (χ3n) is 4.83. The molecule has 0 radical (unpaired) electrons. The van der Waals surface area contributed by atoms with E-state index in [1.165, 1.54) is 5.56 Å². The summed E-state index contributed by atoms with van der Waals surface area (Å²) in [5.41, 5.74) is 5.07. The first-order chi connectivity index (χ1) is 12.0. The summed E-state index contributed by atoms with van der Waals surface area (Å²) in [5, 5.41) is 2.94. The standard InChI is InChI=1S/C21H24N2O2/c1-4-16-8-10-18(11-9-16)22-21(25)17-12-19(24)23(13-17)20-14(2)6-5-7-15(20)3/h5-11,17H,4,12-13H2,1-3H3,(H,22,25)/t17-/m1/s1. The van der Waals surface area contributed by atoms with Crippen molar-refractivity contribution in [2.75, 3.05) is 16.8 Å². The van der Waals surface area contributed by atoms with Crippen molar-refractivity contribution in [2.45, 2.75) is 33.6 Å². The predicted molar refractivity (Wildman–Crippen MR) is 101 cm³/mol. The molecule has 1 saturated heterocycles. The van der Waals surface area contributed by atoms with Gasteiger partial charge in [-0.15, -0.1) is 0 Å². The van der Waals surface area contributed by atoms with Crippen LogP contribution in [0.1, 0.15) is 30.0 Å². The van der Waals surface area contributed by atoms with Gasteiger partial charge in [-0.05, 0) is 49.1 Å². The molecule has 2 amide bonds. The van der Waals surface area contributed by atoms with E-state index in [0.29, 0.717) is 6.54 Å². The normalized spacial score (nSPS) is 17.0. The summed E-state index contributed by atoms with van der Waals surface area (Å²) in [6.07, 6.45) is 1.22. The second kappa shape index (κ2) is 7.09. The highest BCUT2D eigenvalue weighted by Gasteiger charge is 2.36. The minimum atomic E-state index is -0.322. The van der Waals surface area contributed by atoms with Crippen LogP contribution >= 0.6 is 0 Å². The molecule has 0 bridgehead atoms. The Balaban J connectivity index is 1.72. The van der Waals surface area contributed by atoms with E-state index < -0.39 is 0 Å². The van der Waals surface area contributed by atoms with Crippen molar-refractivity contribution in [2.24, 2.45) is 5.92 Å². The van der Waals surface area contributed by atoms with Crippen LogP contribution in [0, 0.1) is 19.8 Å². The third-order valence-corrected chi connectivity index (χ3v) is 4.83. The molecule has 2 aromatic carbocycles. The molecule has 1 N–H and O–H groups in total. The number of hydrogen-bond donors (Lipinski definition) is 1. The summed E-state index contributed by atoms with van der Waals surface area (Å²) in [6, 6.07) is 13.8. The molecular weight excluding hydrogens is 312 g/mol. The van der Waals surface area contributed by atoms with Crippen LogP contribution < -0.4 is 10.2 Å². The zero-order valence-corrected chi connectivity index (χ0v) is 15.0. The largest absolute Gasteiger partial charge is 0.326 e. The van der Waals surface area contributed by atoms with Crippen molar-refractivity contribution in [1.82, 2.24) is 0 Å². The summed E-state index contributed by atoms with van der Waals surface area (Å²) in [4.78, 5) is 26.8. The van der Waals surface area contributed by atoms with E-state index in [4.69, 9.17) is 0 Å². The number of nitrogens with zero attached hydrogens (tertiary/aromatic N) is 1. The fraction of sp³-hybridized carbons (Fsp3) is 0.333. The molecule has 0 aromatic heterocycles. The number of anilines is 2. The van der Waals surface area contributed by atoms with Gasteiger partial charge < -0.3 is 10.2 Å². The molecule has 1 aliphatic rings. The molecule has 25 heavy (non-hydrogen) atoms. The third kappa shape index (κ3) is 3.58. The second-order valence-electron chi connectivity index (χ2n) is 6.69. The van der Waals surface area contributed by atoms with Gasteiger partial charge in [-0.1, -0.05) is 37.3 Å². The van der Waals surface area contributed by atoms with Crippen LogP contribution in [0.15, 0.2) is 42.5 Å². The van der Waals surface area contributed by atoms with Gasteiger partial charge in [-0.25, -0.2) is 0 Å². The number of para-hydroxylation sites is 1. The number of aryl methyl sites for hydroxylation is 3. The molecule has 0 unspecified atom stereocenters. The van der Waals surface area contributed by atoms with Crippen molar-refractivity contribution >= 4 is 23.2 Å². The Morgan fingerprint density at radius 1 is 1.12 bits per heavy atom. The lowest BCUT2D eigenvalue weighted by molar-refractivity contribution is -0.122. The highest BCUT2D eigenvalue weighted by molar-refractivity contribution is 6.04. The highest BCUT2D eigenvalue weighted by atomic mass is 16.2. The predicted octanol–water partition coefficient (Wildman–Crippen LogP) is 3.86. The first-order valence-electron chi connectivity index (χ1n) is 8.76. The van der Waals surface area contributed by atoms with Crippen molar-refractivity contribution in [3.8, 4) is 0 Å². The molecule has 0 spiro atoms. The molecular formula is C21H24N2O2. The van der Waals surface area contributed by atoms with Gasteiger partial charge in [0.15, 0.2) is 0 Å². The minimum absolute atomic E-state index is 0.0129. The second-order valence-corrected chi connectivity index (χ2v) is 6.69. The van der Waals surface area contributed by atoms with E-state index in [2.05, 4.69) is 12.2 Å². The first kappa shape index (κ1) is 17.2. The summed E-state index contributed by atoms with van der Waals surface area (Å²) in [6.45, 7) is 6.53. The van der Waals surface area contributed by atoms with Crippen LogP contribution in [0.5, 0.6) is 0 Å². The Bertz CT molecular complexity index is 776. The number of hydrogen-bond acceptors (Lipinski definition) is 2. The molecule has 2 aromatic rings. The van der Waals surface area contributed by atoms with E-state index in [-0.39, 0.29) is 24.2 Å². The molecule has 0 aliphatic carbocycles. The van der Waals surface area contributed by atoms with Crippen LogP contribution in [0.4, 0.5) is 11.4 Å². The molecule has 0 saturated carbocycles. The molecule has 3 rings (SSSR count). The molecule has 130 valence electrons. The molecule has 4 nitrogen and oxygen atoms in total. The Kier molecular flexibility index (Phi) is 4.88. The number of rotatable bonds is 4. The van der Waals surface area contributed by atoms with Crippen LogP contribution in [-0.4, -0.2) is 18.4 Å². The Labute approximate surface area is 148 Å². The van der Waals surface area contributed by atoms with Gasteiger partial charge in [0.25, 0.3) is 0 Å². The van der Waals surface area contributed by atoms with Gasteiger partial charge in [0.1, 0.15) is 0 Å². The zero-order valence-electron chi connectivity index (χ0n) is 15.0. The van der Waals surface area contributed by atoms with E-state index in [1.807, 2.05) is 56.3 Å². The smallest absolute Gasteiger partial charge is 0.229 e. The number of carbonyl (C=O) groups excluding carboxylic acids is 2. The Morgan fingerprint density at radius 3 is 2.36 bits per heavy atom. The van der Waals surface area contributed by atoms with E-state index >= 15 is 0 Å². The fourth-order valence-corrected chi connectivity index (χ4v) is 3.40. The van der Waals surface area contributed by atoms with Crippen LogP contribution in [0.2, 0.25) is 0 Å². The molecule has 1 heterocycles. The summed E-state index contributed by atoms with van der Waals surface area (Å²) >= 11 is 0. The Morgan fingerprint density at radius 2 is 1.76 bits per heavy atom. The molecule has 1 fully saturated rings. The lowest BCUT2D eigenvalue weighted by Gasteiger charge is -2.21. The number of benzene rings is 2. The van der Waals surface area contributed by atoms with Crippen molar-refractivity contribution in [3.05, 3.63) is 59.2 Å². The van der Waals surface area contributed by atoms with E-state index in [9.17, 15) is 9.59 Å². The van der Waals surface area contributed by atoms with Gasteiger partial charge in [-0.2, -0.15) is 0 Å². The number of nitrogens with one attached hydrogen (secondary N) is 1. The molecule has 1 aliphatic heterocycles. The monoisotopic (exact) mass is 336 g/mol. The quantitative estimate of drug-likeness (QED) is 0.922. The SMILES string of the molecule is CCc1ccc(NC(=O)[C@@H]2CC(=O)N(c3c(C)cccc3C)C2)cc1. The van der Waals surface area contributed by atoms with Crippen LogP contribution in [0.25, 0.3) is 0 Å². The summed E-state index contributed by atoms with van der Waals surface area (Å²) < 4.78 is 0. The summed E-state index contributed by atoms with van der Waals surface area (Å²) in [7, 11) is 0. The van der Waals surface area contributed by atoms with Crippen molar-refractivity contribution in [3.63, 3.8) is 0 Å². The van der Waals surface area contributed by atoms with E-state index in [0.717, 1.165) is 28.9 Å². The van der Waals surface area contributed by atoms with E-state index in [1.54, 1.807) is 4.90 Å². The van der Waals surface area contributed by atoms with Gasteiger partial charge in [0.2, 0.25) is 11.8 Å². The fourth-order valence-electron chi connectivity index (χ4n) is 3.40. The average Bonchev–Trinajstić information content (AvgIpc) is 2.97. The molecule has 4 heteroatoms. The highest BCUT2D eigenvalue weighted by Crippen LogP contribution is 2.31. The van der Waals surface area contributed by atoms with Crippen molar-refractivity contribution < 1.29 is 9.59 Å². The molecule has 1 atom stereocenters.